The lowest BCUT2D eigenvalue weighted by atomic mass is 9.81. The van der Waals surface area contributed by atoms with E-state index in [-0.39, 0.29) is 17.0 Å². The lowest BCUT2D eigenvalue weighted by molar-refractivity contribution is 0.527. The van der Waals surface area contributed by atoms with Crippen LogP contribution in [-0.4, -0.2) is 5.54 Å². The number of para-hydroxylation sites is 2. The van der Waals surface area contributed by atoms with Gasteiger partial charge in [0, 0.05) is 16.5 Å². The first-order valence-corrected chi connectivity index (χ1v) is 11.7. The normalized spacial score (nSPS) is 14.0. The van der Waals surface area contributed by atoms with Crippen LogP contribution in [0.1, 0.15) is 45.7 Å². The molecule has 0 N–H and O–H groups in total. The molecule has 0 amide bonds. The molecule has 0 saturated heterocycles. The fraction of sp³-hybridized carbons (Fsp3) is 0.226. The van der Waals surface area contributed by atoms with E-state index >= 15 is 4.39 Å². The van der Waals surface area contributed by atoms with Crippen molar-refractivity contribution < 1.29 is 8.78 Å². The smallest absolute Gasteiger partial charge is 0.147 e. The first-order chi connectivity index (χ1) is 16.1. The Morgan fingerprint density at radius 3 is 2.00 bits per heavy atom. The Morgan fingerprint density at radius 2 is 1.26 bits per heavy atom. The molecule has 4 aromatic rings. The van der Waals surface area contributed by atoms with E-state index in [9.17, 15) is 4.39 Å². The quantitative estimate of drug-likeness (QED) is 0.299. The topological polar surface area (TPSA) is 3.24 Å². The highest BCUT2D eigenvalue weighted by Gasteiger charge is 2.36. The van der Waals surface area contributed by atoms with E-state index in [2.05, 4.69) is 56.3 Å². The molecule has 1 aliphatic rings. The Bertz CT molecular complexity index is 1390. The molecule has 0 atom stereocenters. The number of halogens is 2. The van der Waals surface area contributed by atoms with Gasteiger partial charge in [-0.2, -0.15) is 0 Å². The molecule has 0 fully saturated rings. The van der Waals surface area contributed by atoms with Gasteiger partial charge in [-0.3, -0.25) is 0 Å². The fourth-order valence-electron chi connectivity index (χ4n) is 5.30. The van der Waals surface area contributed by atoms with Gasteiger partial charge in [0.15, 0.2) is 0 Å². The van der Waals surface area contributed by atoms with E-state index in [4.69, 9.17) is 0 Å². The van der Waals surface area contributed by atoms with Gasteiger partial charge in [-0.05, 0) is 72.9 Å². The summed E-state index contributed by atoms with van der Waals surface area (Å²) in [4.78, 5) is 1.78. The van der Waals surface area contributed by atoms with Crippen LogP contribution in [0.5, 0.6) is 0 Å². The zero-order chi connectivity index (χ0) is 24.3. The first-order valence-electron chi connectivity index (χ1n) is 11.7. The van der Waals surface area contributed by atoms with E-state index in [0.29, 0.717) is 11.4 Å². The SMILES string of the molecule is CC1(C)c2ccccc2-c2ccc(-c3cccc(F)c3N(c3ccccc3F)C(C)(C)C)cc21. The molecule has 0 aliphatic heterocycles. The van der Waals surface area contributed by atoms with E-state index in [1.54, 1.807) is 29.2 Å². The van der Waals surface area contributed by atoms with Crippen LogP contribution >= 0.6 is 0 Å². The van der Waals surface area contributed by atoms with Gasteiger partial charge in [-0.1, -0.05) is 74.5 Å². The van der Waals surface area contributed by atoms with Gasteiger partial charge in [0.1, 0.15) is 11.6 Å². The summed E-state index contributed by atoms with van der Waals surface area (Å²) in [7, 11) is 0. The molecular weight excluding hydrogens is 424 g/mol. The maximum atomic E-state index is 15.6. The Hall–Kier alpha value is -3.46. The van der Waals surface area contributed by atoms with E-state index in [1.807, 2.05) is 26.8 Å². The van der Waals surface area contributed by atoms with E-state index in [1.165, 1.54) is 34.4 Å². The summed E-state index contributed by atoms with van der Waals surface area (Å²) in [5, 5.41) is 0. The van der Waals surface area contributed by atoms with Crippen LogP contribution in [-0.2, 0) is 5.41 Å². The maximum absolute atomic E-state index is 15.6. The molecule has 0 saturated carbocycles. The van der Waals surface area contributed by atoms with Gasteiger partial charge in [-0.15, -0.1) is 0 Å². The summed E-state index contributed by atoms with van der Waals surface area (Å²) in [6.07, 6.45) is 0. The molecule has 34 heavy (non-hydrogen) atoms. The van der Waals surface area contributed by atoms with Crippen LogP contribution in [0.15, 0.2) is 84.9 Å². The summed E-state index contributed by atoms with van der Waals surface area (Å²) in [5.74, 6) is -0.754. The molecule has 4 aromatic carbocycles. The molecule has 1 nitrogen and oxygen atoms in total. The summed E-state index contributed by atoms with van der Waals surface area (Å²) in [6.45, 7) is 10.4. The third-order valence-corrected chi connectivity index (χ3v) is 6.87. The number of anilines is 2. The summed E-state index contributed by atoms with van der Waals surface area (Å²) >= 11 is 0. The molecule has 1 aliphatic carbocycles. The second kappa shape index (κ2) is 7.80. The molecule has 0 radical (unpaired) electrons. The third-order valence-electron chi connectivity index (χ3n) is 6.87. The maximum Gasteiger partial charge on any atom is 0.147 e. The predicted octanol–water partition coefficient (Wildman–Crippen LogP) is 8.87. The van der Waals surface area contributed by atoms with Gasteiger partial charge in [-0.25, -0.2) is 8.78 Å². The van der Waals surface area contributed by atoms with Crippen molar-refractivity contribution in [1.29, 1.82) is 0 Å². The summed E-state index contributed by atoms with van der Waals surface area (Å²) < 4.78 is 30.6. The van der Waals surface area contributed by atoms with Crippen molar-refractivity contribution in [3.8, 4) is 22.3 Å². The molecule has 3 heteroatoms. The lowest BCUT2D eigenvalue weighted by Gasteiger charge is -2.39. The Kier molecular flexibility index (Phi) is 5.12. The second-order valence-electron chi connectivity index (χ2n) is 10.5. The molecule has 0 heterocycles. The highest BCUT2D eigenvalue weighted by Crippen LogP contribution is 2.50. The molecule has 0 aromatic heterocycles. The van der Waals surface area contributed by atoms with Gasteiger partial charge in [0.05, 0.1) is 11.4 Å². The molecule has 0 spiro atoms. The van der Waals surface area contributed by atoms with Crippen molar-refractivity contribution in [2.24, 2.45) is 0 Å². The Morgan fingerprint density at radius 1 is 0.647 bits per heavy atom. The summed E-state index contributed by atoms with van der Waals surface area (Å²) in [6, 6.07) is 26.5. The van der Waals surface area contributed by atoms with Crippen LogP contribution in [0.2, 0.25) is 0 Å². The second-order valence-corrected chi connectivity index (χ2v) is 10.5. The van der Waals surface area contributed by atoms with Crippen molar-refractivity contribution in [3.63, 3.8) is 0 Å². The first kappa shape index (κ1) is 22.3. The molecule has 172 valence electrons. The minimum Gasteiger partial charge on any atom is -0.331 e. The minimum atomic E-state index is -0.564. The van der Waals surface area contributed by atoms with Crippen LogP contribution < -0.4 is 4.90 Å². The predicted molar refractivity (Wildman–Crippen MR) is 138 cm³/mol. The largest absolute Gasteiger partial charge is 0.331 e. The third kappa shape index (κ3) is 3.42. The number of benzene rings is 4. The fourth-order valence-corrected chi connectivity index (χ4v) is 5.30. The van der Waals surface area contributed by atoms with Crippen molar-refractivity contribution in [2.45, 2.75) is 45.6 Å². The van der Waals surface area contributed by atoms with E-state index < -0.39 is 5.54 Å². The van der Waals surface area contributed by atoms with Gasteiger partial charge >= 0.3 is 0 Å². The molecule has 0 bridgehead atoms. The Labute approximate surface area is 200 Å². The number of rotatable bonds is 3. The monoisotopic (exact) mass is 453 g/mol. The molecule has 5 rings (SSSR count). The zero-order valence-corrected chi connectivity index (χ0v) is 20.3. The van der Waals surface area contributed by atoms with Crippen molar-refractivity contribution in [3.05, 3.63) is 108 Å². The molecular formula is C31H29F2N. The van der Waals surface area contributed by atoms with Crippen LogP contribution in [0.25, 0.3) is 22.3 Å². The molecule has 0 unspecified atom stereocenters. The highest BCUT2D eigenvalue weighted by molar-refractivity contribution is 5.88. The van der Waals surface area contributed by atoms with Crippen molar-refractivity contribution in [1.82, 2.24) is 0 Å². The number of hydrogen-bond acceptors (Lipinski definition) is 1. The lowest BCUT2D eigenvalue weighted by Crippen LogP contribution is -2.39. The van der Waals surface area contributed by atoms with Gasteiger partial charge < -0.3 is 4.90 Å². The average Bonchev–Trinajstić information content (AvgIpc) is 3.02. The van der Waals surface area contributed by atoms with Gasteiger partial charge in [0.25, 0.3) is 0 Å². The van der Waals surface area contributed by atoms with Crippen LogP contribution in [0.4, 0.5) is 20.2 Å². The van der Waals surface area contributed by atoms with Crippen molar-refractivity contribution >= 4 is 11.4 Å². The van der Waals surface area contributed by atoms with E-state index in [0.717, 1.165) is 11.1 Å². The Balaban J connectivity index is 1.74. The number of nitrogens with zero attached hydrogens (tertiary/aromatic N) is 1. The highest BCUT2D eigenvalue weighted by atomic mass is 19.1. The summed E-state index contributed by atoms with van der Waals surface area (Å²) in [5.41, 5.74) is 6.64. The number of fused-ring (bicyclic) bond motifs is 3. The van der Waals surface area contributed by atoms with Crippen LogP contribution in [0, 0.1) is 11.6 Å². The van der Waals surface area contributed by atoms with Gasteiger partial charge in [0.2, 0.25) is 0 Å². The van der Waals surface area contributed by atoms with Crippen molar-refractivity contribution in [2.75, 3.05) is 4.90 Å². The van der Waals surface area contributed by atoms with Crippen LogP contribution in [0.3, 0.4) is 0 Å². The minimum absolute atomic E-state index is 0.162. The number of hydrogen-bond donors (Lipinski definition) is 0. The average molecular weight is 454 g/mol. The standard InChI is InChI=1S/C31H29F2N/c1-30(2,3)34(28-16-9-8-14-26(28)32)29-21(12-10-15-27(29)33)20-17-18-23-22-11-6-7-13-24(22)31(4,5)25(23)19-20/h6-19H,1-5H3. The zero-order valence-electron chi connectivity index (χ0n) is 20.3.